The predicted molar refractivity (Wildman–Crippen MR) is 89.1 cm³/mol. The monoisotopic (exact) mass is 285 g/mol. The van der Waals surface area contributed by atoms with Gasteiger partial charge in [0.05, 0.1) is 11.4 Å². The molecular weight excluding hydrogens is 258 g/mol. The summed E-state index contributed by atoms with van der Waals surface area (Å²) in [6.07, 6.45) is 2.95. The van der Waals surface area contributed by atoms with Crippen LogP contribution < -0.4 is 5.73 Å². The van der Waals surface area contributed by atoms with Crippen molar-refractivity contribution in [3.05, 3.63) is 46.3 Å². The van der Waals surface area contributed by atoms with E-state index in [-0.39, 0.29) is 6.04 Å². The van der Waals surface area contributed by atoms with Crippen LogP contribution in [0.5, 0.6) is 0 Å². The molecule has 0 saturated heterocycles. The van der Waals surface area contributed by atoms with Crippen LogP contribution in [0.1, 0.15) is 48.3 Å². The van der Waals surface area contributed by atoms with Gasteiger partial charge >= 0.3 is 0 Å². The van der Waals surface area contributed by atoms with E-state index < -0.39 is 0 Å². The van der Waals surface area contributed by atoms with Crippen LogP contribution >= 0.6 is 0 Å². The molecule has 2 rings (SSSR count). The molecule has 0 amide bonds. The van der Waals surface area contributed by atoms with Crippen LogP contribution in [0.4, 0.5) is 0 Å². The van der Waals surface area contributed by atoms with Crippen molar-refractivity contribution >= 4 is 0 Å². The quantitative estimate of drug-likeness (QED) is 0.911. The number of nitrogens with zero attached hydrogens (tertiary/aromatic N) is 2. The molecule has 3 nitrogen and oxygen atoms in total. The van der Waals surface area contributed by atoms with E-state index in [1.54, 1.807) is 0 Å². The van der Waals surface area contributed by atoms with Gasteiger partial charge in [-0.05, 0) is 62.8 Å². The minimum atomic E-state index is 0.229. The summed E-state index contributed by atoms with van der Waals surface area (Å²) in [6, 6.07) is 6.83. The summed E-state index contributed by atoms with van der Waals surface area (Å²) in [5, 5.41) is 4.74. The van der Waals surface area contributed by atoms with Crippen molar-refractivity contribution in [1.29, 1.82) is 0 Å². The van der Waals surface area contributed by atoms with Crippen molar-refractivity contribution in [3.63, 3.8) is 0 Å². The van der Waals surface area contributed by atoms with E-state index in [4.69, 9.17) is 10.8 Å². The number of aryl methyl sites for hydroxylation is 2. The third-order valence-electron chi connectivity index (χ3n) is 4.32. The minimum absolute atomic E-state index is 0.229. The second kappa shape index (κ2) is 6.44. The molecule has 0 saturated carbocycles. The average molecular weight is 285 g/mol. The van der Waals surface area contributed by atoms with Crippen molar-refractivity contribution in [2.45, 2.75) is 59.9 Å². The summed E-state index contributed by atoms with van der Waals surface area (Å²) < 4.78 is 2.09. The molecule has 0 spiro atoms. The highest BCUT2D eigenvalue weighted by Gasteiger charge is 2.13. The predicted octanol–water partition coefficient (Wildman–Crippen LogP) is 3.64. The van der Waals surface area contributed by atoms with E-state index in [0.29, 0.717) is 0 Å². The van der Waals surface area contributed by atoms with E-state index in [2.05, 4.69) is 57.5 Å². The molecule has 1 heterocycles. The van der Waals surface area contributed by atoms with Crippen LogP contribution in [-0.2, 0) is 12.8 Å². The molecule has 0 radical (unpaired) electrons. The van der Waals surface area contributed by atoms with Gasteiger partial charge in [-0.1, -0.05) is 26.0 Å². The lowest BCUT2D eigenvalue weighted by Gasteiger charge is -2.13. The fourth-order valence-corrected chi connectivity index (χ4v) is 2.88. The summed E-state index contributed by atoms with van der Waals surface area (Å²) in [5.74, 6) is 0. The van der Waals surface area contributed by atoms with Crippen LogP contribution in [0.25, 0.3) is 5.69 Å². The zero-order valence-corrected chi connectivity index (χ0v) is 13.9. The fraction of sp³-hybridized carbons (Fsp3) is 0.500. The highest BCUT2D eigenvalue weighted by Crippen LogP contribution is 2.22. The molecule has 0 aliphatic carbocycles. The summed E-state index contributed by atoms with van der Waals surface area (Å²) in [6.45, 7) is 10.7. The Morgan fingerprint density at radius 1 is 1.19 bits per heavy atom. The Bertz CT molecular complexity index is 626. The van der Waals surface area contributed by atoms with Crippen LogP contribution in [0, 0.1) is 20.8 Å². The van der Waals surface area contributed by atoms with E-state index in [9.17, 15) is 0 Å². The smallest absolute Gasteiger partial charge is 0.0680 e. The third-order valence-corrected chi connectivity index (χ3v) is 4.32. The first-order chi connectivity index (χ1) is 9.97. The van der Waals surface area contributed by atoms with Gasteiger partial charge in [-0.2, -0.15) is 5.10 Å². The van der Waals surface area contributed by atoms with Crippen LogP contribution in [0.3, 0.4) is 0 Å². The highest BCUT2D eigenvalue weighted by atomic mass is 15.3. The maximum Gasteiger partial charge on any atom is 0.0680 e. The molecule has 2 N–H and O–H groups in total. The molecule has 0 fully saturated rings. The highest BCUT2D eigenvalue weighted by molar-refractivity contribution is 5.45. The van der Waals surface area contributed by atoms with Gasteiger partial charge in [-0.25, -0.2) is 4.68 Å². The maximum absolute atomic E-state index is 6.09. The summed E-state index contributed by atoms with van der Waals surface area (Å²) >= 11 is 0. The lowest BCUT2D eigenvalue weighted by Crippen LogP contribution is -2.21. The van der Waals surface area contributed by atoms with Gasteiger partial charge in [0, 0.05) is 11.7 Å². The molecule has 0 aliphatic rings. The molecule has 1 aromatic carbocycles. The summed E-state index contributed by atoms with van der Waals surface area (Å²) in [7, 11) is 0. The van der Waals surface area contributed by atoms with E-state index in [0.717, 1.165) is 25.0 Å². The molecule has 0 bridgehead atoms. The lowest BCUT2D eigenvalue weighted by molar-refractivity contribution is 0.645. The fourth-order valence-electron chi connectivity index (χ4n) is 2.88. The maximum atomic E-state index is 6.09. The van der Waals surface area contributed by atoms with E-state index in [1.165, 1.54) is 28.1 Å². The molecule has 1 atom stereocenters. The second-order valence-electron chi connectivity index (χ2n) is 5.91. The molecule has 21 heavy (non-hydrogen) atoms. The zero-order chi connectivity index (χ0) is 15.6. The Morgan fingerprint density at radius 3 is 2.48 bits per heavy atom. The first-order valence-electron chi connectivity index (χ1n) is 7.88. The molecule has 114 valence electrons. The average Bonchev–Trinajstić information content (AvgIpc) is 2.75. The summed E-state index contributed by atoms with van der Waals surface area (Å²) in [5.41, 5.74) is 13.5. The number of rotatable bonds is 5. The normalized spacial score (nSPS) is 12.7. The molecule has 2 aromatic rings. The Balaban J connectivity index is 2.46. The van der Waals surface area contributed by atoms with Crippen LogP contribution in [0.15, 0.2) is 18.2 Å². The standard InChI is InChI=1S/C18H27N3/c1-6-16(19)10-15-9-8-12(3)18(11-15)21-14(5)17(7-2)13(4)20-21/h8-9,11,16H,6-7,10,19H2,1-5H3. The molecular formula is C18H27N3. The van der Waals surface area contributed by atoms with Gasteiger partial charge in [0.1, 0.15) is 0 Å². The minimum Gasteiger partial charge on any atom is -0.327 e. The van der Waals surface area contributed by atoms with Crippen molar-refractivity contribution in [2.24, 2.45) is 5.73 Å². The van der Waals surface area contributed by atoms with Crippen molar-refractivity contribution in [3.8, 4) is 5.69 Å². The Hall–Kier alpha value is -1.61. The van der Waals surface area contributed by atoms with Crippen LogP contribution in [-0.4, -0.2) is 15.8 Å². The van der Waals surface area contributed by atoms with Crippen molar-refractivity contribution in [2.75, 3.05) is 0 Å². The van der Waals surface area contributed by atoms with Crippen molar-refractivity contribution < 1.29 is 0 Å². The SMILES string of the molecule is CCc1c(C)nn(-c2cc(CC(N)CC)ccc2C)c1C. The zero-order valence-electron chi connectivity index (χ0n) is 13.9. The van der Waals surface area contributed by atoms with Crippen LogP contribution in [0.2, 0.25) is 0 Å². The molecule has 3 heteroatoms. The van der Waals surface area contributed by atoms with Gasteiger partial charge in [-0.15, -0.1) is 0 Å². The Kier molecular flexibility index (Phi) is 4.84. The molecule has 0 aliphatic heterocycles. The van der Waals surface area contributed by atoms with E-state index >= 15 is 0 Å². The van der Waals surface area contributed by atoms with Crippen molar-refractivity contribution in [1.82, 2.24) is 9.78 Å². The Morgan fingerprint density at radius 2 is 1.90 bits per heavy atom. The number of nitrogens with two attached hydrogens (primary N) is 1. The number of benzene rings is 1. The molecule has 1 aromatic heterocycles. The Labute approximate surface area is 128 Å². The number of hydrogen-bond acceptors (Lipinski definition) is 2. The first kappa shape index (κ1) is 15.8. The van der Waals surface area contributed by atoms with Gasteiger partial charge < -0.3 is 5.73 Å². The van der Waals surface area contributed by atoms with Gasteiger partial charge in [0.15, 0.2) is 0 Å². The van der Waals surface area contributed by atoms with Gasteiger partial charge in [0.25, 0.3) is 0 Å². The number of hydrogen-bond donors (Lipinski definition) is 1. The number of aromatic nitrogens is 2. The third kappa shape index (κ3) is 3.18. The molecule has 1 unspecified atom stereocenters. The topological polar surface area (TPSA) is 43.8 Å². The second-order valence-corrected chi connectivity index (χ2v) is 5.91. The van der Waals surface area contributed by atoms with Gasteiger partial charge in [0.2, 0.25) is 0 Å². The lowest BCUT2D eigenvalue weighted by atomic mass is 10.0. The first-order valence-corrected chi connectivity index (χ1v) is 7.88. The van der Waals surface area contributed by atoms with Gasteiger partial charge in [-0.3, -0.25) is 0 Å². The summed E-state index contributed by atoms with van der Waals surface area (Å²) in [4.78, 5) is 0. The largest absolute Gasteiger partial charge is 0.327 e. The van der Waals surface area contributed by atoms with E-state index in [1.807, 2.05) is 0 Å².